The van der Waals surface area contributed by atoms with E-state index in [1.54, 1.807) is 18.2 Å². The van der Waals surface area contributed by atoms with Gasteiger partial charge in [-0.2, -0.15) is 0 Å². The lowest BCUT2D eigenvalue weighted by Crippen LogP contribution is -2.58. The van der Waals surface area contributed by atoms with Crippen LogP contribution < -0.4 is 4.74 Å². The minimum Gasteiger partial charge on any atom is -0.468 e. The van der Waals surface area contributed by atoms with E-state index in [-0.39, 0.29) is 16.3 Å². The Labute approximate surface area is 136 Å². The Balaban J connectivity index is 1.75. The van der Waals surface area contributed by atoms with Crippen LogP contribution in [0, 0.1) is 10.1 Å². The topological polar surface area (TPSA) is 55.6 Å². The monoisotopic (exact) mass is 314 g/mol. The van der Waals surface area contributed by atoms with Gasteiger partial charge in [0.15, 0.2) is 5.72 Å². The van der Waals surface area contributed by atoms with Crippen molar-refractivity contribution in [2.45, 2.75) is 50.7 Å². The number of rotatable bonds is 2. The highest BCUT2D eigenvalue weighted by Crippen LogP contribution is 2.46. The van der Waals surface area contributed by atoms with Crippen molar-refractivity contribution < 1.29 is 9.66 Å². The number of nitro groups is 1. The highest BCUT2D eigenvalue weighted by Gasteiger charge is 2.46. The highest BCUT2D eigenvalue weighted by molar-refractivity contribution is 5.67. The lowest BCUT2D eigenvalue weighted by Gasteiger charge is -2.50. The molecule has 23 heavy (non-hydrogen) atoms. The number of nitrogens with zero attached hydrogens (tertiary/aromatic N) is 2. The molecule has 0 amide bonds. The number of likely N-dealkylation sites (tertiary alicyclic amines) is 1. The second-order valence-corrected chi connectivity index (χ2v) is 6.79. The van der Waals surface area contributed by atoms with Crippen LogP contribution in [0.15, 0.2) is 23.8 Å². The van der Waals surface area contributed by atoms with E-state index in [9.17, 15) is 10.1 Å². The molecule has 1 aromatic rings. The molecule has 2 heterocycles. The third kappa shape index (κ3) is 2.43. The first kappa shape index (κ1) is 14.7. The zero-order chi connectivity index (χ0) is 15.9. The molecule has 1 saturated heterocycles. The van der Waals surface area contributed by atoms with Crippen LogP contribution in [0.25, 0.3) is 6.08 Å². The predicted octanol–water partition coefficient (Wildman–Crippen LogP) is 4.13. The molecule has 4 rings (SSSR count). The van der Waals surface area contributed by atoms with Crippen LogP contribution in [0.5, 0.6) is 5.75 Å². The van der Waals surface area contributed by atoms with E-state index in [2.05, 4.69) is 11.0 Å². The van der Waals surface area contributed by atoms with Crippen LogP contribution in [-0.4, -0.2) is 28.6 Å². The molecule has 0 unspecified atom stereocenters. The molecule has 1 aliphatic carbocycles. The van der Waals surface area contributed by atoms with E-state index in [1.165, 1.54) is 37.7 Å². The van der Waals surface area contributed by atoms with Gasteiger partial charge in [0.2, 0.25) is 0 Å². The zero-order valence-electron chi connectivity index (χ0n) is 13.3. The van der Waals surface area contributed by atoms with Gasteiger partial charge < -0.3 is 4.74 Å². The summed E-state index contributed by atoms with van der Waals surface area (Å²) in [5.41, 5.74) is 1.98. The molecule has 1 atom stereocenters. The summed E-state index contributed by atoms with van der Waals surface area (Å²) in [6.07, 6.45) is 10.3. The molecule has 0 bridgehead atoms. The fourth-order valence-corrected chi connectivity index (χ4v) is 4.24. The molecule has 0 N–H and O–H groups in total. The molecule has 2 aliphatic heterocycles. The van der Waals surface area contributed by atoms with Crippen molar-refractivity contribution in [1.29, 1.82) is 0 Å². The zero-order valence-corrected chi connectivity index (χ0v) is 13.3. The Morgan fingerprint density at radius 1 is 1.13 bits per heavy atom. The summed E-state index contributed by atoms with van der Waals surface area (Å²) in [5.74, 6) is 0.784. The minimum absolute atomic E-state index is 0.130. The number of fused-ring (bicyclic) bond motifs is 2. The van der Waals surface area contributed by atoms with Crippen LogP contribution in [0.1, 0.15) is 50.5 Å². The van der Waals surface area contributed by atoms with Crippen LogP contribution in [0.4, 0.5) is 5.69 Å². The number of hydrogen-bond donors (Lipinski definition) is 0. The number of hydrogen-bond acceptors (Lipinski definition) is 4. The summed E-state index contributed by atoms with van der Waals surface area (Å²) in [7, 11) is 0. The Hall–Kier alpha value is -1.88. The van der Waals surface area contributed by atoms with Gasteiger partial charge >= 0.3 is 0 Å². The highest BCUT2D eigenvalue weighted by atomic mass is 16.6. The van der Waals surface area contributed by atoms with Crippen molar-refractivity contribution in [3.05, 3.63) is 39.4 Å². The summed E-state index contributed by atoms with van der Waals surface area (Å²) in [4.78, 5) is 13.2. The molecule has 3 aliphatic rings. The molecule has 2 fully saturated rings. The van der Waals surface area contributed by atoms with Crippen molar-refractivity contribution in [3.63, 3.8) is 0 Å². The smallest absolute Gasteiger partial charge is 0.270 e. The van der Waals surface area contributed by atoms with E-state index >= 15 is 0 Å². The van der Waals surface area contributed by atoms with Gasteiger partial charge in [-0.1, -0.05) is 6.42 Å². The molecule has 1 saturated carbocycles. The fraction of sp³-hybridized carbons (Fsp3) is 0.556. The average Bonchev–Trinajstić information content (AvgIpc) is 2.60. The van der Waals surface area contributed by atoms with Gasteiger partial charge in [-0.3, -0.25) is 15.0 Å². The van der Waals surface area contributed by atoms with E-state index in [4.69, 9.17) is 4.74 Å². The SMILES string of the molecule is O=[N+]([O-])c1ccc2c(c1)C=C1CCCC[C@@]1(N1CCCCC1)O2. The summed E-state index contributed by atoms with van der Waals surface area (Å²) >= 11 is 0. The molecular formula is C18H22N2O3. The Kier molecular flexibility index (Phi) is 3.60. The predicted molar refractivity (Wildman–Crippen MR) is 88.3 cm³/mol. The second kappa shape index (κ2) is 5.64. The van der Waals surface area contributed by atoms with Crippen LogP contribution in [0.2, 0.25) is 0 Å². The van der Waals surface area contributed by atoms with Gasteiger partial charge in [-0.05, 0) is 49.8 Å². The minimum atomic E-state index is -0.341. The number of benzene rings is 1. The van der Waals surface area contributed by atoms with Crippen molar-refractivity contribution >= 4 is 11.8 Å². The van der Waals surface area contributed by atoms with Gasteiger partial charge in [0.25, 0.3) is 5.69 Å². The van der Waals surface area contributed by atoms with Gasteiger partial charge in [0.05, 0.1) is 4.92 Å². The first-order valence-corrected chi connectivity index (χ1v) is 8.63. The second-order valence-electron chi connectivity index (χ2n) is 6.79. The third-order valence-corrected chi connectivity index (χ3v) is 5.39. The summed E-state index contributed by atoms with van der Waals surface area (Å²) in [6, 6.07) is 4.95. The maximum Gasteiger partial charge on any atom is 0.270 e. The van der Waals surface area contributed by atoms with E-state index in [0.717, 1.165) is 37.2 Å². The van der Waals surface area contributed by atoms with E-state index in [1.807, 2.05) is 0 Å². The van der Waals surface area contributed by atoms with Crippen molar-refractivity contribution in [2.75, 3.05) is 13.1 Å². The largest absolute Gasteiger partial charge is 0.468 e. The van der Waals surface area contributed by atoms with Crippen molar-refractivity contribution in [3.8, 4) is 5.75 Å². The van der Waals surface area contributed by atoms with Gasteiger partial charge in [0.1, 0.15) is 5.75 Å². The Morgan fingerprint density at radius 2 is 1.96 bits per heavy atom. The van der Waals surface area contributed by atoms with Gasteiger partial charge in [-0.15, -0.1) is 0 Å². The molecule has 5 heteroatoms. The molecule has 122 valence electrons. The number of nitro benzene ring substituents is 1. The van der Waals surface area contributed by atoms with Crippen molar-refractivity contribution in [2.24, 2.45) is 0 Å². The van der Waals surface area contributed by atoms with Crippen molar-refractivity contribution in [1.82, 2.24) is 4.90 Å². The molecule has 0 aromatic heterocycles. The summed E-state index contributed by atoms with van der Waals surface area (Å²) < 4.78 is 6.53. The van der Waals surface area contributed by atoms with Gasteiger partial charge in [-0.25, -0.2) is 0 Å². The molecular weight excluding hydrogens is 292 g/mol. The van der Waals surface area contributed by atoms with Crippen LogP contribution >= 0.6 is 0 Å². The fourth-order valence-electron chi connectivity index (χ4n) is 4.24. The first-order chi connectivity index (χ1) is 11.2. The molecule has 1 aromatic carbocycles. The lowest BCUT2D eigenvalue weighted by molar-refractivity contribution is -0.384. The first-order valence-electron chi connectivity index (χ1n) is 8.63. The summed E-state index contributed by atoms with van der Waals surface area (Å²) in [5, 5.41) is 11.0. The molecule has 0 spiro atoms. The molecule has 5 nitrogen and oxygen atoms in total. The van der Waals surface area contributed by atoms with Gasteiger partial charge in [0, 0.05) is 37.2 Å². The average molecular weight is 314 g/mol. The molecule has 0 radical (unpaired) electrons. The third-order valence-electron chi connectivity index (χ3n) is 5.39. The maximum absolute atomic E-state index is 11.0. The lowest BCUT2D eigenvalue weighted by atomic mass is 9.81. The summed E-state index contributed by atoms with van der Waals surface area (Å²) in [6.45, 7) is 2.17. The van der Waals surface area contributed by atoms with Crippen LogP contribution in [0.3, 0.4) is 0 Å². The standard InChI is InChI=1S/C18H22N2O3/c21-20(22)16-7-8-17-14(13-16)12-15-6-2-3-9-18(15,23-17)19-10-4-1-5-11-19/h7-8,12-13H,1-6,9-11H2/t18-/m1/s1. The van der Waals surface area contributed by atoms with Crippen LogP contribution in [-0.2, 0) is 0 Å². The Bertz CT molecular complexity index is 664. The maximum atomic E-state index is 11.0. The quantitative estimate of drug-likeness (QED) is 0.608. The number of piperidine rings is 1. The number of ether oxygens (including phenoxy) is 1. The Morgan fingerprint density at radius 3 is 2.74 bits per heavy atom. The number of non-ortho nitro benzene ring substituents is 1. The normalized spacial score (nSPS) is 27.4. The van der Waals surface area contributed by atoms with E-state index in [0.29, 0.717) is 0 Å². The van der Waals surface area contributed by atoms with E-state index < -0.39 is 0 Å².